The number of nitrogens with one attached hydrogen (secondary N) is 2. The smallest absolute Gasteiger partial charge is 0.303 e. The van der Waals surface area contributed by atoms with E-state index in [4.69, 9.17) is 5.11 Å². The highest BCUT2D eigenvalue weighted by Gasteiger charge is 2.07. The van der Waals surface area contributed by atoms with Crippen LogP contribution in [-0.4, -0.2) is 22.9 Å². The number of aryl methyl sites for hydroxylation is 1. The molecule has 3 N–H and O–H groups in total. The second kappa shape index (κ2) is 6.53. The zero-order valence-electron chi connectivity index (χ0n) is 10.8. The fourth-order valence-electron chi connectivity index (χ4n) is 1.47. The second-order valence-electron chi connectivity index (χ2n) is 4.15. The molecular weight excluding hydrogens is 248 g/mol. The number of hydrogen-bond donors (Lipinski definition) is 3. The Balaban J connectivity index is 2.71. The molecule has 1 aromatic carbocycles. The van der Waals surface area contributed by atoms with Gasteiger partial charge in [0.1, 0.15) is 0 Å². The van der Waals surface area contributed by atoms with Crippen LogP contribution in [0, 0.1) is 6.92 Å². The molecule has 1 aromatic rings. The lowest BCUT2D eigenvalue weighted by molar-refractivity contribution is -0.138. The third kappa shape index (κ3) is 5.20. The first-order chi connectivity index (χ1) is 8.88. The largest absolute Gasteiger partial charge is 0.481 e. The molecular formula is C13H16N2O4. The number of aliphatic carboxylic acids is 1. The minimum atomic E-state index is -1.02. The predicted molar refractivity (Wildman–Crippen MR) is 71.0 cm³/mol. The van der Waals surface area contributed by atoms with Crippen LogP contribution in [0.5, 0.6) is 0 Å². The van der Waals surface area contributed by atoms with Gasteiger partial charge in [0.25, 0.3) is 0 Å². The number of amides is 2. The number of rotatable bonds is 5. The van der Waals surface area contributed by atoms with Crippen LogP contribution in [-0.2, 0) is 14.4 Å². The number of anilines is 2. The zero-order chi connectivity index (χ0) is 14.4. The molecule has 6 heteroatoms. The Morgan fingerprint density at radius 2 is 1.84 bits per heavy atom. The van der Waals surface area contributed by atoms with Crippen molar-refractivity contribution in [3.63, 3.8) is 0 Å². The number of carboxylic acid groups (broad SMARTS) is 1. The summed E-state index contributed by atoms with van der Waals surface area (Å²) in [6, 6.07) is 5.09. The van der Waals surface area contributed by atoms with E-state index in [1.165, 1.54) is 6.92 Å². The van der Waals surface area contributed by atoms with Gasteiger partial charge in [-0.15, -0.1) is 0 Å². The van der Waals surface area contributed by atoms with E-state index >= 15 is 0 Å². The average Bonchev–Trinajstić information content (AvgIpc) is 2.30. The average molecular weight is 264 g/mol. The van der Waals surface area contributed by atoms with Gasteiger partial charge in [0.2, 0.25) is 11.8 Å². The third-order valence-electron chi connectivity index (χ3n) is 2.40. The summed E-state index contributed by atoms with van der Waals surface area (Å²) in [6.07, 6.45) is -0.297. The van der Waals surface area contributed by atoms with E-state index in [2.05, 4.69) is 10.6 Å². The third-order valence-corrected chi connectivity index (χ3v) is 2.40. The Morgan fingerprint density at radius 3 is 2.42 bits per heavy atom. The molecule has 0 saturated heterocycles. The number of benzene rings is 1. The minimum absolute atomic E-state index is 0.0846. The first kappa shape index (κ1) is 14.7. The van der Waals surface area contributed by atoms with E-state index in [9.17, 15) is 14.4 Å². The van der Waals surface area contributed by atoms with Gasteiger partial charge in [0.05, 0.1) is 6.42 Å². The Morgan fingerprint density at radius 1 is 1.16 bits per heavy atom. The summed E-state index contributed by atoms with van der Waals surface area (Å²) in [5, 5.41) is 13.7. The van der Waals surface area contributed by atoms with Crippen LogP contribution in [0.1, 0.15) is 25.3 Å². The number of carbonyl (C=O) groups excluding carboxylic acids is 2. The molecule has 0 aliphatic rings. The van der Waals surface area contributed by atoms with Crippen molar-refractivity contribution in [2.75, 3.05) is 10.6 Å². The van der Waals surface area contributed by atoms with E-state index in [-0.39, 0.29) is 24.7 Å². The van der Waals surface area contributed by atoms with Gasteiger partial charge < -0.3 is 15.7 Å². The van der Waals surface area contributed by atoms with Crippen LogP contribution in [0.4, 0.5) is 11.4 Å². The van der Waals surface area contributed by atoms with Crippen molar-refractivity contribution < 1.29 is 19.5 Å². The van der Waals surface area contributed by atoms with E-state index in [0.29, 0.717) is 11.4 Å². The lowest BCUT2D eigenvalue weighted by Gasteiger charge is -2.10. The summed E-state index contributed by atoms with van der Waals surface area (Å²) in [5.74, 6) is -1.59. The Bertz CT molecular complexity index is 511. The van der Waals surface area contributed by atoms with Crippen molar-refractivity contribution in [2.45, 2.75) is 26.7 Å². The van der Waals surface area contributed by atoms with Crippen molar-refractivity contribution in [3.8, 4) is 0 Å². The zero-order valence-corrected chi connectivity index (χ0v) is 10.8. The summed E-state index contributed by atoms with van der Waals surface area (Å²) in [6.45, 7) is 3.23. The van der Waals surface area contributed by atoms with Crippen molar-refractivity contribution >= 4 is 29.2 Å². The van der Waals surface area contributed by atoms with E-state index < -0.39 is 5.97 Å². The molecule has 0 unspecified atom stereocenters. The SMILES string of the molecule is CC(=O)Nc1cc(NC(=O)CCC(=O)O)ccc1C. The highest BCUT2D eigenvalue weighted by Crippen LogP contribution is 2.20. The van der Waals surface area contributed by atoms with Crippen LogP contribution >= 0.6 is 0 Å². The molecule has 0 radical (unpaired) electrons. The fourth-order valence-corrected chi connectivity index (χ4v) is 1.47. The monoisotopic (exact) mass is 264 g/mol. The van der Waals surface area contributed by atoms with Crippen LogP contribution < -0.4 is 10.6 Å². The maximum Gasteiger partial charge on any atom is 0.303 e. The Hall–Kier alpha value is -2.37. The van der Waals surface area contributed by atoms with E-state index in [1.54, 1.807) is 18.2 Å². The van der Waals surface area contributed by atoms with Gasteiger partial charge in [0, 0.05) is 24.7 Å². The summed E-state index contributed by atoms with van der Waals surface area (Å²) >= 11 is 0. The summed E-state index contributed by atoms with van der Waals surface area (Å²) in [7, 11) is 0. The maximum absolute atomic E-state index is 11.5. The van der Waals surface area contributed by atoms with Gasteiger partial charge in [-0.3, -0.25) is 14.4 Å². The predicted octanol–water partition coefficient (Wildman–Crippen LogP) is 1.76. The quantitative estimate of drug-likeness (QED) is 0.755. The summed E-state index contributed by atoms with van der Waals surface area (Å²) in [5.41, 5.74) is 2.01. The first-order valence-corrected chi connectivity index (χ1v) is 5.78. The van der Waals surface area contributed by atoms with E-state index in [1.807, 2.05) is 6.92 Å². The van der Waals surface area contributed by atoms with Crippen LogP contribution in [0.15, 0.2) is 18.2 Å². The maximum atomic E-state index is 11.5. The van der Waals surface area contributed by atoms with Crippen molar-refractivity contribution in [1.82, 2.24) is 0 Å². The van der Waals surface area contributed by atoms with E-state index in [0.717, 1.165) is 5.56 Å². The van der Waals surface area contributed by atoms with Crippen LogP contribution in [0.25, 0.3) is 0 Å². The number of carbonyl (C=O) groups is 3. The Kier molecular flexibility index (Phi) is 5.05. The summed E-state index contributed by atoms with van der Waals surface area (Å²) in [4.78, 5) is 32.8. The molecule has 19 heavy (non-hydrogen) atoms. The molecule has 0 aliphatic heterocycles. The lowest BCUT2D eigenvalue weighted by Crippen LogP contribution is -2.14. The summed E-state index contributed by atoms with van der Waals surface area (Å²) < 4.78 is 0. The fraction of sp³-hybridized carbons (Fsp3) is 0.308. The van der Waals surface area contributed by atoms with Crippen LogP contribution in [0.2, 0.25) is 0 Å². The molecule has 2 amide bonds. The molecule has 102 valence electrons. The Labute approximate surface area is 110 Å². The van der Waals surface area contributed by atoms with Gasteiger partial charge in [-0.2, -0.15) is 0 Å². The lowest BCUT2D eigenvalue weighted by atomic mass is 10.1. The second-order valence-corrected chi connectivity index (χ2v) is 4.15. The van der Waals surface area contributed by atoms with Crippen LogP contribution in [0.3, 0.4) is 0 Å². The molecule has 0 aliphatic carbocycles. The molecule has 0 fully saturated rings. The topological polar surface area (TPSA) is 95.5 Å². The van der Waals surface area contributed by atoms with Gasteiger partial charge in [0.15, 0.2) is 0 Å². The molecule has 0 aromatic heterocycles. The van der Waals surface area contributed by atoms with Crippen molar-refractivity contribution in [2.24, 2.45) is 0 Å². The minimum Gasteiger partial charge on any atom is -0.481 e. The molecule has 0 spiro atoms. The number of carboxylic acids is 1. The van der Waals surface area contributed by atoms with Crippen molar-refractivity contribution in [3.05, 3.63) is 23.8 Å². The molecule has 0 bridgehead atoms. The van der Waals surface area contributed by atoms with Gasteiger partial charge in [-0.1, -0.05) is 6.07 Å². The van der Waals surface area contributed by atoms with Gasteiger partial charge in [-0.05, 0) is 24.6 Å². The molecule has 0 atom stereocenters. The normalized spacial score (nSPS) is 9.79. The highest BCUT2D eigenvalue weighted by atomic mass is 16.4. The highest BCUT2D eigenvalue weighted by molar-refractivity contribution is 5.94. The molecule has 1 rings (SSSR count). The number of hydrogen-bond acceptors (Lipinski definition) is 3. The standard InChI is InChI=1S/C13H16N2O4/c1-8-3-4-10(7-11(8)14-9(2)16)15-12(17)5-6-13(18)19/h3-4,7H,5-6H2,1-2H3,(H,14,16)(H,15,17)(H,18,19). The van der Waals surface area contributed by atoms with Gasteiger partial charge in [-0.25, -0.2) is 0 Å². The first-order valence-electron chi connectivity index (χ1n) is 5.78. The molecule has 0 saturated carbocycles. The molecule has 6 nitrogen and oxygen atoms in total. The van der Waals surface area contributed by atoms with Gasteiger partial charge >= 0.3 is 5.97 Å². The van der Waals surface area contributed by atoms with Crippen molar-refractivity contribution in [1.29, 1.82) is 0 Å². The molecule has 0 heterocycles.